The summed E-state index contributed by atoms with van der Waals surface area (Å²) in [6.07, 6.45) is 6.84. The standard InChI is InChI=1S/C13H21N3O/c1-3-14-12-10(2)13(16-9-15-12)17-8-7-11-5-4-6-11/h9,11H,3-8H2,1-2H3,(H,14,15,16). The first-order chi connectivity index (χ1) is 8.31. The van der Waals surface area contributed by atoms with Crippen LogP contribution in [0.25, 0.3) is 0 Å². The first-order valence-electron chi connectivity index (χ1n) is 6.49. The van der Waals surface area contributed by atoms with Gasteiger partial charge in [0.2, 0.25) is 5.88 Å². The number of hydrogen-bond donors (Lipinski definition) is 1. The molecule has 0 bridgehead atoms. The molecule has 1 saturated carbocycles. The van der Waals surface area contributed by atoms with Crippen LogP contribution in [0.3, 0.4) is 0 Å². The van der Waals surface area contributed by atoms with Crippen molar-refractivity contribution in [2.75, 3.05) is 18.5 Å². The highest BCUT2D eigenvalue weighted by Crippen LogP contribution is 2.29. The topological polar surface area (TPSA) is 47.0 Å². The van der Waals surface area contributed by atoms with E-state index in [0.29, 0.717) is 0 Å². The van der Waals surface area contributed by atoms with Crippen molar-refractivity contribution in [2.24, 2.45) is 5.92 Å². The molecule has 1 aromatic heterocycles. The Hall–Kier alpha value is -1.32. The molecule has 0 aromatic carbocycles. The second-order valence-corrected chi connectivity index (χ2v) is 4.62. The van der Waals surface area contributed by atoms with Crippen LogP contribution < -0.4 is 10.1 Å². The number of ether oxygens (including phenoxy) is 1. The fourth-order valence-electron chi connectivity index (χ4n) is 2.03. The third-order valence-electron chi connectivity index (χ3n) is 3.37. The normalized spacial score (nSPS) is 15.4. The summed E-state index contributed by atoms with van der Waals surface area (Å²) < 4.78 is 5.74. The monoisotopic (exact) mass is 235 g/mol. The summed E-state index contributed by atoms with van der Waals surface area (Å²) in [5.74, 6) is 2.47. The number of rotatable bonds is 6. The molecule has 0 unspecified atom stereocenters. The molecule has 2 rings (SSSR count). The van der Waals surface area contributed by atoms with Gasteiger partial charge >= 0.3 is 0 Å². The summed E-state index contributed by atoms with van der Waals surface area (Å²) in [5, 5.41) is 3.21. The van der Waals surface area contributed by atoms with Gasteiger partial charge in [-0.2, -0.15) is 0 Å². The molecular weight excluding hydrogens is 214 g/mol. The fraction of sp³-hybridized carbons (Fsp3) is 0.692. The van der Waals surface area contributed by atoms with Crippen LogP contribution >= 0.6 is 0 Å². The summed E-state index contributed by atoms with van der Waals surface area (Å²) in [5.41, 5.74) is 1.00. The van der Waals surface area contributed by atoms with Gasteiger partial charge in [-0.1, -0.05) is 19.3 Å². The Bertz CT molecular complexity index is 364. The van der Waals surface area contributed by atoms with Gasteiger partial charge in [0.15, 0.2) is 0 Å². The number of nitrogens with one attached hydrogen (secondary N) is 1. The zero-order chi connectivity index (χ0) is 12.1. The number of hydrogen-bond acceptors (Lipinski definition) is 4. The third-order valence-corrected chi connectivity index (χ3v) is 3.37. The van der Waals surface area contributed by atoms with Gasteiger partial charge in [0.25, 0.3) is 0 Å². The second-order valence-electron chi connectivity index (χ2n) is 4.62. The van der Waals surface area contributed by atoms with E-state index in [1.807, 2.05) is 6.92 Å². The molecule has 0 radical (unpaired) electrons. The van der Waals surface area contributed by atoms with Crippen molar-refractivity contribution in [1.82, 2.24) is 9.97 Å². The Morgan fingerprint density at radius 2 is 2.24 bits per heavy atom. The lowest BCUT2D eigenvalue weighted by atomic mass is 9.83. The lowest BCUT2D eigenvalue weighted by molar-refractivity contribution is 0.216. The van der Waals surface area contributed by atoms with Gasteiger partial charge in [-0.3, -0.25) is 0 Å². The van der Waals surface area contributed by atoms with E-state index in [2.05, 4.69) is 22.2 Å². The molecule has 0 spiro atoms. The minimum absolute atomic E-state index is 0.718. The first-order valence-corrected chi connectivity index (χ1v) is 6.49. The highest BCUT2D eigenvalue weighted by molar-refractivity contribution is 5.47. The molecule has 1 N–H and O–H groups in total. The van der Waals surface area contributed by atoms with Crippen molar-refractivity contribution in [3.8, 4) is 5.88 Å². The Morgan fingerprint density at radius 3 is 2.88 bits per heavy atom. The predicted octanol–water partition coefficient (Wildman–Crippen LogP) is 2.79. The van der Waals surface area contributed by atoms with Crippen LogP contribution in [-0.2, 0) is 0 Å². The molecule has 94 valence electrons. The van der Waals surface area contributed by atoms with Crippen LogP contribution in [0.1, 0.15) is 38.2 Å². The second kappa shape index (κ2) is 5.84. The van der Waals surface area contributed by atoms with E-state index in [9.17, 15) is 0 Å². The van der Waals surface area contributed by atoms with E-state index in [-0.39, 0.29) is 0 Å². The predicted molar refractivity (Wildman–Crippen MR) is 68.4 cm³/mol. The highest BCUT2D eigenvalue weighted by Gasteiger charge is 2.17. The van der Waals surface area contributed by atoms with Crippen LogP contribution in [-0.4, -0.2) is 23.1 Å². The molecule has 1 fully saturated rings. The van der Waals surface area contributed by atoms with Crippen LogP contribution in [0.4, 0.5) is 5.82 Å². The molecule has 0 saturated heterocycles. The van der Waals surface area contributed by atoms with Gasteiger partial charge in [-0.25, -0.2) is 9.97 Å². The Kier molecular flexibility index (Phi) is 4.18. The van der Waals surface area contributed by atoms with E-state index >= 15 is 0 Å². The van der Waals surface area contributed by atoms with Gasteiger partial charge in [-0.15, -0.1) is 0 Å². The van der Waals surface area contributed by atoms with E-state index in [4.69, 9.17) is 4.74 Å². The smallest absolute Gasteiger partial charge is 0.221 e. The fourth-order valence-corrected chi connectivity index (χ4v) is 2.03. The van der Waals surface area contributed by atoms with E-state index in [1.54, 1.807) is 6.33 Å². The average molecular weight is 235 g/mol. The van der Waals surface area contributed by atoms with Gasteiger partial charge in [0, 0.05) is 6.54 Å². The maximum Gasteiger partial charge on any atom is 0.221 e. The number of anilines is 1. The summed E-state index contributed by atoms with van der Waals surface area (Å²) in [4.78, 5) is 8.39. The quantitative estimate of drug-likeness (QED) is 0.823. The molecule has 1 aliphatic carbocycles. The van der Waals surface area contributed by atoms with Crippen molar-refractivity contribution >= 4 is 5.82 Å². The molecule has 1 aromatic rings. The molecule has 4 heteroatoms. The number of nitrogens with zero attached hydrogens (tertiary/aromatic N) is 2. The summed E-state index contributed by atoms with van der Waals surface area (Å²) in [7, 11) is 0. The van der Waals surface area contributed by atoms with E-state index in [0.717, 1.165) is 42.8 Å². The van der Waals surface area contributed by atoms with Gasteiger partial charge in [0.05, 0.1) is 12.2 Å². The van der Waals surface area contributed by atoms with Crippen LogP contribution in [0.2, 0.25) is 0 Å². The van der Waals surface area contributed by atoms with Gasteiger partial charge < -0.3 is 10.1 Å². The van der Waals surface area contributed by atoms with Gasteiger partial charge in [0.1, 0.15) is 12.1 Å². The lowest BCUT2D eigenvalue weighted by Crippen LogP contribution is -2.15. The van der Waals surface area contributed by atoms with Crippen LogP contribution in [0.15, 0.2) is 6.33 Å². The van der Waals surface area contributed by atoms with Crippen molar-refractivity contribution < 1.29 is 4.74 Å². The molecule has 4 nitrogen and oxygen atoms in total. The minimum Gasteiger partial charge on any atom is -0.477 e. The molecule has 17 heavy (non-hydrogen) atoms. The average Bonchev–Trinajstić information content (AvgIpc) is 2.27. The largest absolute Gasteiger partial charge is 0.477 e. The Labute approximate surface area is 103 Å². The molecule has 0 atom stereocenters. The van der Waals surface area contributed by atoms with Crippen molar-refractivity contribution in [2.45, 2.75) is 39.5 Å². The molecule has 0 aliphatic heterocycles. The van der Waals surface area contributed by atoms with E-state index < -0.39 is 0 Å². The SMILES string of the molecule is CCNc1ncnc(OCCC2CCC2)c1C. The van der Waals surface area contributed by atoms with Crippen molar-refractivity contribution in [1.29, 1.82) is 0 Å². The van der Waals surface area contributed by atoms with E-state index in [1.165, 1.54) is 19.3 Å². The van der Waals surface area contributed by atoms with Crippen LogP contribution in [0.5, 0.6) is 5.88 Å². The lowest BCUT2D eigenvalue weighted by Gasteiger charge is -2.25. The summed E-state index contributed by atoms with van der Waals surface area (Å²) in [6, 6.07) is 0. The maximum atomic E-state index is 5.74. The van der Waals surface area contributed by atoms with Gasteiger partial charge in [-0.05, 0) is 26.2 Å². The zero-order valence-electron chi connectivity index (χ0n) is 10.7. The number of aromatic nitrogens is 2. The van der Waals surface area contributed by atoms with Crippen LogP contribution in [0, 0.1) is 12.8 Å². The maximum absolute atomic E-state index is 5.74. The third kappa shape index (κ3) is 3.08. The summed E-state index contributed by atoms with van der Waals surface area (Å²) in [6.45, 7) is 5.68. The molecule has 0 amide bonds. The minimum atomic E-state index is 0.718. The first kappa shape index (κ1) is 12.1. The Morgan fingerprint density at radius 1 is 1.41 bits per heavy atom. The highest BCUT2D eigenvalue weighted by atomic mass is 16.5. The molecule has 1 heterocycles. The van der Waals surface area contributed by atoms with Crippen molar-refractivity contribution in [3.05, 3.63) is 11.9 Å². The van der Waals surface area contributed by atoms with Crippen molar-refractivity contribution in [3.63, 3.8) is 0 Å². The zero-order valence-corrected chi connectivity index (χ0v) is 10.7. The summed E-state index contributed by atoms with van der Waals surface area (Å²) >= 11 is 0. The molecule has 1 aliphatic rings. The molecular formula is C13H21N3O. The Balaban J connectivity index is 1.87.